The lowest BCUT2D eigenvalue weighted by atomic mass is 10.1. The molecule has 0 fully saturated rings. The summed E-state index contributed by atoms with van der Waals surface area (Å²) in [4.78, 5) is 26.8. The van der Waals surface area contributed by atoms with Crippen LogP contribution in [0, 0.1) is 27.7 Å². The molecule has 0 aliphatic heterocycles. The van der Waals surface area contributed by atoms with Crippen molar-refractivity contribution in [2.24, 2.45) is 0 Å². The Morgan fingerprint density at radius 3 is 2.57 bits per heavy atom. The van der Waals surface area contributed by atoms with Gasteiger partial charge in [-0.15, -0.1) is 0 Å². The molecule has 0 aliphatic carbocycles. The second kappa shape index (κ2) is 6.81. The van der Waals surface area contributed by atoms with Gasteiger partial charge in [0.25, 0.3) is 5.56 Å². The number of hydrogen-bond donors (Lipinski definition) is 2. The molecule has 0 saturated carbocycles. The van der Waals surface area contributed by atoms with E-state index < -0.39 is 0 Å². The van der Waals surface area contributed by atoms with Crippen LogP contribution in [0.4, 0.5) is 0 Å². The number of aromatic amines is 1. The summed E-state index contributed by atoms with van der Waals surface area (Å²) in [5, 5.41) is 7.23. The van der Waals surface area contributed by atoms with Crippen molar-refractivity contribution in [3.05, 3.63) is 50.7 Å². The van der Waals surface area contributed by atoms with Gasteiger partial charge in [-0.2, -0.15) is 5.10 Å². The highest BCUT2D eigenvalue weighted by molar-refractivity contribution is 5.76. The van der Waals surface area contributed by atoms with Crippen LogP contribution in [0.25, 0.3) is 0 Å². The summed E-state index contributed by atoms with van der Waals surface area (Å²) in [6.07, 6.45) is 0.324. The van der Waals surface area contributed by atoms with Crippen molar-refractivity contribution in [2.45, 2.75) is 53.6 Å². The third-order valence-corrected chi connectivity index (χ3v) is 3.90. The van der Waals surface area contributed by atoms with Gasteiger partial charge in [0.05, 0.1) is 11.7 Å². The van der Waals surface area contributed by atoms with E-state index in [2.05, 4.69) is 15.4 Å². The quantitative estimate of drug-likeness (QED) is 0.886. The number of carbonyl (C=O) groups is 1. The van der Waals surface area contributed by atoms with Crippen LogP contribution < -0.4 is 10.9 Å². The first kappa shape index (κ1) is 17.0. The number of aromatic nitrogens is 3. The number of carbonyl (C=O) groups excluding carboxylic acids is 1. The third-order valence-electron chi connectivity index (χ3n) is 3.90. The summed E-state index contributed by atoms with van der Waals surface area (Å²) < 4.78 is 1.86. The molecule has 1 amide bonds. The number of hydrogen-bond acceptors (Lipinski definition) is 3. The Labute approximate surface area is 135 Å². The normalized spacial score (nSPS) is 12.2. The number of nitrogens with one attached hydrogen (secondary N) is 2. The van der Waals surface area contributed by atoms with Gasteiger partial charge in [0, 0.05) is 29.9 Å². The molecule has 1 atom stereocenters. The van der Waals surface area contributed by atoms with Crippen molar-refractivity contribution in [1.82, 2.24) is 20.1 Å². The molecule has 2 rings (SSSR count). The smallest absolute Gasteiger partial charge is 0.253 e. The maximum Gasteiger partial charge on any atom is 0.253 e. The van der Waals surface area contributed by atoms with E-state index in [0.29, 0.717) is 12.0 Å². The molecule has 0 aromatic carbocycles. The van der Waals surface area contributed by atoms with Crippen molar-refractivity contribution in [2.75, 3.05) is 0 Å². The van der Waals surface area contributed by atoms with Crippen LogP contribution in [0.5, 0.6) is 0 Å². The van der Waals surface area contributed by atoms with Gasteiger partial charge in [0.2, 0.25) is 5.91 Å². The second-order valence-corrected chi connectivity index (χ2v) is 6.14. The van der Waals surface area contributed by atoms with Crippen LogP contribution in [-0.2, 0) is 11.3 Å². The van der Waals surface area contributed by atoms with Gasteiger partial charge in [-0.1, -0.05) is 0 Å². The van der Waals surface area contributed by atoms with Crippen LogP contribution in [0.15, 0.2) is 16.9 Å². The van der Waals surface area contributed by atoms with E-state index in [1.165, 1.54) is 0 Å². The van der Waals surface area contributed by atoms with E-state index in [-0.39, 0.29) is 24.1 Å². The molecule has 2 aromatic heterocycles. The van der Waals surface area contributed by atoms with Crippen molar-refractivity contribution in [3.8, 4) is 0 Å². The van der Waals surface area contributed by atoms with Crippen LogP contribution in [-0.4, -0.2) is 20.7 Å². The van der Waals surface area contributed by atoms with Crippen LogP contribution in [0.3, 0.4) is 0 Å². The Morgan fingerprint density at radius 2 is 2.00 bits per heavy atom. The molecule has 23 heavy (non-hydrogen) atoms. The standard InChI is InChI=1S/C17H24N4O2/c1-10-6-11(2)19-17(23)15(10)9-18-16(22)8-14(5)21-13(4)7-12(3)20-21/h6-7,14H,8-9H2,1-5H3,(H,18,22)(H,19,23)/t14-/m1/s1. The average Bonchev–Trinajstić information content (AvgIpc) is 2.76. The topological polar surface area (TPSA) is 79.8 Å². The molecule has 0 radical (unpaired) electrons. The van der Waals surface area contributed by atoms with E-state index in [1.54, 1.807) is 0 Å². The van der Waals surface area contributed by atoms with Gasteiger partial charge >= 0.3 is 0 Å². The highest BCUT2D eigenvalue weighted by Crippen LogP contribution is 2.14. The summed E-state index contributed by atoms with van der Waals surface area (Å²) in [6.45, 7) is 9.83. The highest BCUT2D eigenvalue weighted by Gasteiger charge is 2.14. The Bertz CT molecular complexity index is 773. The summed E-state index contributed by atoms with van der Waals surface area (Å²) in [6, 6.07) is 3.87. The minimum atomic E-state index is -0.144. The molecule has 6 nitrogen and oxygen atoms in total. The minimum Gasteiger partial charge on any atom is -0.352 e. The monoisotopic (exact) mass is 316 g/mol. The zero-order valence-corrected chi connectivity index (χ0v) is 14.4. The fourth-order valence-corrected chi connectivity index (χ4v) is 2.81. The van der Waals surface area contributed by atoms with Crippen LogP contribution in [0.2, 0.25) is 0 Å². The fraction of sp³-hybridized carbons (Fsp3) is 0.471. The first-order chi connectivity index (χ1) is 10.8. The van der Waals surface area contributed by atoms with E-state index in [1.807, 2.05) is 51.4 Å². The fourth-order valence-electron chi connectivity index (χ4n) is 2.81. The molecule has 0 unspecified atom stereocenters. The molecule has 124 valence electrons. The van der Waals surface area contributed by atoms with Gasteiger partial charge in [-0.25, -0.2) is 0 Å². The highest BCUT2D eigenvalue weighted by atomic mass is 16.1. The maximum atomic E-state index is 12.1. The van der Waals surface area contributed by atoms with E-state index in [9.17, 15) is 9.59 Å². The second-order valence-electron chi connectivity index (χ2n) is 6.14. The first-order valence-corrected chi connectivity index (χ1v) is 7.76. The van der Waals surface area contributed by atoms with E-state index in [0.717, 1.165) is 22.6 Å². The van der Waals surface area contributed by atoms with Gasteiger partial charge in [0.15, 0.2) is 0 Å². The van der Waals surface area contributed by atoms with Crippen molar-refractivity contribution < 1.29 is 4.79 Å². The summed E-state index contributed by atoms with van der Waals surface area (Å²) >= 11 is 0. The van der Waals surface area contributed by atoms with Gasteiger partial charge in [-0.05, 0) is 52.3 Å². The number of H-pyrrole nitrogens is 1. The zero-order valence-electron chi connectivity index (χ0n) is 14.4. The first-order valence-electron chi connectivity index (χ1n) is 7.76. The predicted molar refractivity (Wildman–Crippen MR) is 89.4 cm³/mol. The molecule has 0 aliphatic rings. The lowest BCUT2D eigenvalue weighted by Gasteiger charge is -2.14. The molecule has 2 N–H and O–H groups in total. The average molecular weight is 316 g/mol. The van der Waals surface area contributed by atoms with Crippen LogP contribution in [0.1, 0.15) is 47.6 Å². The predicted octanol–water partition coefficient (Wildman–Crippen LogP) is 2.07. The lowest BCUT2D eigenvalue weighted by molar-refractivity contribution is -0.122. The Hall–Kier alpha value is -2.37. The van der Waals surface area contributed by atoms with Crippen molar-refractivity contribution in [3.63, 3.8) is 0 Å². The molecule has 0 spiro atoms. The zero-order chi connectivity index (χ0) is 17.1. The third kappa shape index (κ3) is 4.09. The SMILES string of the molecule is Cc1cc(C)n([C@H](C)CC(=O)NCc2c(C)cc(C)[nH]c2=O)n1. The van der Waals surface area contributed by atoms with Gasteiger partial charge in [0.1, 0.15) is 0 Å². The van der Waals surface area contributed by atoms with Gasteiger partial charge in [-0.3, -0.25) is 14.3 Å². The minimum absolute atomic E-state index is 0.0268. The maximum absolute atomic E-state index is 12.1. The number of aryl methyl sites for hydroxylation is 4. The summed E-state index contributed by atoms with van der Waals surface area (Å²) in [5.74, 6) is -0.0931. The molecular formula is C17H24N4O2. The number of amides is 1. The molecule has 2 aromatic rings. The van der Waals surface area contributed by atoms with E-state index >= 15 is 0 Å². The van der Waals surface area contributed by atoms with Crippen molar-refractivity contribution in [1.29, 1.82) is 0 Å². The Balaban J connectivity index is 1.98. The Morgan fingerprint density at radius 1 is 1.30 bits per heavy atom. The number of nitrogens with zero attached hydrogens (tertiary/aromatic N) is 2. The van der Waals surface area contributed by atoms with Crippen molar-refractivity contribution >= 4 is 5.91 Å². The summed E-state index contributed by atoms with van der Waals surface area (Å²) in [5.41, 5.74) is 4.14. The molecule has 2 heterocycles. The molecule has 0 bridgehead atoms. The largest absolute Gasteiger partial charge is 0.352 e. The number of pyridine rings is 1. The Kier molecular flexibility index (Phi) is 5.03. The molecular weight excluding hydrogens is 292 g/mol. The molecule has 6 heteroatoms. The summed E-state index contributed by atoms with van der Waals surface area (Å²) in [7, 11) is 0. The van der Waals surface area contributed by atoms with Crippen LogP contribution >= 0.6 is 0 Å². The van der Waals surface area contributed by atoms with E-state index in [4.69, 9.17) is 0 Å². The number of rotatable bonds is 5. The lowest BCUT2D eigenvalue weighted by Crippen LogP contribution is -2.29. The van der Waals surface area contributed by atoms with Gasteiger partial charge < -0.3 is 10.3 Å². The molecule has 0 saturated heterocycles.